The second-order valence-corrected chi connectivity index (χ2v) is 6.47. The number of hydrogen-bond acceptors (Lipinski definition) is 3. The lowest BCUT2D eigenvalue weighted by Gasteiger charge is -2.27. The van der Waals surface area contributed by atoms with Crippen LogP contribution in [0.5, 0.6) is 0 Å². The van der Waals surface area contributed by atoms with Crippen molar-refractivity contribution in [1.82, 2.24) is 0 Å². The van der Waals surface area contributed by atoms with Gasteiger partial charge in [0.1, 0.15) is 5.92 Å². The number of ether oxygens (including phenoxy) is 1. The molecule has 0 saturated heterocycles. The highest BCUT2D eigenvalue weighted by atomic mass is 16.5. The predicted molar refractivity (Wildman–Crippen MR) is 92.6 cm³/mol. The molecule has 1 amide bonds. The molecule has 2 heterocycles. The lowest BCUT2D eigenvalue weighted by molar-refractivity contribution is -0.138. The predicted octanol–water partition coefficient (Wildman–Crippen LogP) is 2.91. The quantitative estimate of drug-likeness (QED) is 0.935. The second-order valence-electron chi connectivity index (χ2n) is 6.47. The zero-order valence-corrected chi connectivity index (χ0v) is 13.7. The van der Waals surface area contributed by atoms with Gasteiger partial charge in [-0.1, -0.05) is 42.5 Å². The van der Waals surface area contributed by atoms with Crippen molar-refractivity contribution in [2.45, 2.75) is 24.9 Å². The second kappa shape index (κ2) is 6.33. The number of rotatable bonds is 3. The van der Waals surface area contributed by atoms with E-state index in [4.69, 9.17) is 4.74 Å². The van der Waals surface area contributed by atoms with Gasteiger partial charge in [-0.2, -0.15) is 0 Å². The largest absolute Gasteiger partial charge is 0.481 e. The number of anilines is 1. The summed E-state index contributed by atoms with van der Waals surface area (Å²) in [5.74, 6) is -1.67. The minimum Gasteiger partial charge on any atom is -0.481 e. The van der Waals surface area contributed by atoms with E-state index in [1.807, 2.05) is 36.4 Å². The first kappa shape index (κ1) is 15.8. The van der Waals surface area contributed by atoms with Crippen LogP contribution < -0.4 is 4.90 Å². The van der Waals surface area contributed by atoms with Gasteiger partial charge < -0.3 is 14.7 Å². The summed E-state index contributed by atoms with van der Waals surface area (Å²) in [6.45, 7) is 0.783. The van der Waals surface area contributed by atoms with Crippen LogP contribution in [0.1, 0.15) is 35.1 Å². The van der Waals surface area contributed by atoms with Gasteiger partial charge in [0.2, 0.25) is 5.91 Å². The van der Waals surface area contributed by atoms with Crippen LogP contribution in [0.2, 0.25) is 0 Å². The maximum atomic E-state index is 12.9. The smallest absolute Gasteiger partial charge is 0.312 e. The number of para-hydroxylation sites is 1. The maximum absolute atomic E-state index is 12.9. The molecule has 0 unspecified atom stereocenters. The Morgan fingerprint density at radius 3 is 2.60 bits per heavy atom. The van der Waals surface area contributed by atoms with Gasteiger partial charge in [0.25, 0.3) is 0 Å². The van der Waals surface area contributed by atoms with Gasteiger partial charge in [-0.05, 0) is 29.2 Å². The molecule has 2 aromatic carbocycles. The number of hydrogen-bond donors (Lipinski definition) is 1. The molecule has 0 fully saturated rings. The van der Waals surface area contributed by atoms with Crippen molar-refractivity contribution in [2.24, 2.45) is 0 Å². The molecule has 5 nitrogen and oxygen atoms in total. The molecule has 0 aromatic heterocycles. The SMILES string of the molecule is O=C(O)[C@@H]1CN(C(=O)C[C@H]2OCCc3ccccc32)c2ccccc21. The number of carboxylic acid groups (broad SMARTS) is 1. The van der Waals surface area contributed by atoms with Crippen molar-refractivity contribution in [3.05, 3.63) is 65.2 Å². The monoisotopic (exact) mass is 337 g/mol. The fraction of sp³-hybridized carbons (Fsp3) is 0.300. The molecular formula is C20H19NO4. The number of aliphatic carboxylic acids is 1. The van der Waals surface area contributed by atoms with Gasteiger partial charge in [-0.15, -0.1) is 0 Å². The van der Waals surface area contributed by atoms with Crippen LogP contribution in [-0.2, 0) is 20.7 Å². The molecule has 2 aliphatic rings. The number of carboxylic acids is 1. The highest BCUT2D eigenvalue weighted by Crippen LogP contribution is 2.38. The lowest BCUT2D eigenvalue weighted by atomic mass is 9.95. The van der Waals surface area contributed by atoms with Crippen molar-refractivity contribution >= 4 is 17.6 Å². The molecule has 0 spiro atoms. The Labute approximate surface area is 145 Å². The van der Waals surface area contributed by atoms with Crippen molar-refractivity contribution in [3.63, 3.8) is 0 Å². The third-order valence-corrected chi connectivity index (χ3v) is 5.02. The van der Waals surface area contributed by atoms with Crippen LogP contribution in [0.15, 0.2) is 48.5 Å². The Morgan fingerprint density at radius 2 is 1.80 bits per heavy atom. The number of nitrogens with zero attached hydrogens (tertiary/aromatic N) is 1. The van der Waals surface area contributed by atoms with Crippen LogP contribution in [-0.4, -0.2) is 30.1 Å². The molecule has 0 saturated carbocycles. The first-order chi connectivity index (χ1) is 12.1. The Bertz CT molecular complexity index is 832. The molecule has 2 aliphatic heterocycles. The molecule has 5 heteroatoms. The van der Waals surface area contributed by atoms with E-state index < -0.39 is 11.9 Å². The van der Waals surface area contributed by atoms with Crippen molar-refractivity contribution in [3.8, 4) is 0 Å². The van der Waals surface area contributed by atoms with Crippen molar-refractivity contribution in [1.29, 1.82) is 0 Å². The summed E-state index contributed by atoms with van der Waals surface area (Å²) in [5, 5.41) is 9.45. The van der Waals surface area contributed by atoms with Crippen LogP contribution in [0.4, 0.5) is 5.69 Å². The van der Waals surface area contributed by atoms with E-state index in [-0.39, 0.29) is 25.0 Å². The molecular weight excluding hydrogens is 318 g/mol. The zero-order valence-electron chi connectivity index (χ0n) is 13.7. The van der Waals surface area contributed by atoms with Crippen molar-refractivity contribution in [2.75, 3.05) is 18.1 Å². The minimum absolute atomic E-state index is 0.0992. The highest BCUT2D eigenvalue weighted by Gasteiger charge is 2.37. The molecule has 2 aromatic rings. The third-order valence-electron chi connectivity index (χ3n) is 5.02. The topological polar surface area (TPSA) is 66.8 Å². The number of amides is 1. The lowest BCUT2D eigenvalue weighted by Crippen LogP contribution is -2.33. The van der Waals surface area contributed by atoms with Crippen molar-refractivity contribution < 1.29 is 19.4 Å². The van der Waals surface area contributed by atoms with Gasteiger partial charge in [0.15, 0.2) is 0 Å². The van der Waals surface area contributed by atoms with Crippen LogP contribution in [0, 0.1) is 0 Å². The standard InChI is InChI=1S/C20H19NO4/c22-19(11-18-14-6-2-1-5-13(14)9-10-25-18)21-12-16(20(23)24)15-7-3-4-8-17(15)21/h1-8,16,18H,9-12H2,(H,23,24)/t16-,18-/m1/s1. The van der Waals surface area contributed by atoms with E-state index in [2.05, 4.69) is 6.07 Å². The number of benzene rings is 2. The van der Waals surface area contributed by atoms with E-state index in [9.17, 15) is 14.7 Å². The third kappa shape index (κ3) is 2.81. The summed E-state index contributed by atoms with van der Waals surface area (Å²) in [6, 6.07) is 15.3. The summed E-state index contributed by atoms with van der Waals surface area (Å²) < 4.78 is 5.83. The minimum atomic E-state index is -0.901. The highest BCUT2D eigenvalue weighted by molar-refractivity contribution is 5.99. The Hall–Kier alpha value is -2.66. The van der Waals surface area contributed by atoms with E-state index >= 15 is 0 Å². The molecule has 4 rings (SSSR count). The molecule has 0 aliphatic carbocycles. The van der Waals surface area contributed by atoms with E-state index in [0.29, 0.717) is 17.9 Å². The summed E-state index contributed by atoms with van der Waals surface area (Å²) in [4.78, 5) is 26.0. The number of fused-ring (bicyclic) bond motifs is 2. The summed E-state index contributed by atoms with van der Waals surface area (Å²) in [5.41, 5.74) is 3.68. The molecule has 2 atom stereocenters. The summed E-state index contributed by atoms with van der Waals surface area (Å²) in [6.07, 6.45) is 0.806. The first-order valence-corrected chi connectivity index (χ1v) is 8.46. The van der Waals surface area contributed by atoms with Crippen LogP contribution >= 0.6 is 0 Å². The summed E-state index contributed by atoms with van der Waals surface area (Å²) >= 11 is 0. The van der Waals surface area contributed by atoms with Gasteiger partial charge >= 0.3 is 5.97 Å². The zero-order chi connectivity index (χ0) is 17.4. The molecule has 0 bridgehead atoms. The van der Waals surface area contributed by atoms with E-state index in [0.717, 1.165) is 12.0 Å². The van der Waals surface area contributed by atoms with Crippen LogP contribution in [0.25, 0.3) is 0 Å². The molecule has 25 heavy (non-hydrogen) atoms. The van der Waals surface area contributed by atoms with Gasteiger partial charge in [-0.25, -0.2) is 0 Å². The van der Waals surface area contributed by atoms with Gasteiger partial charge in [-0.3, -0.25) is 9.59 Å². The average molecular weight is 337 g/mol. The number of carbonyl (C=O) groups excluding carboxylic acids is 1. The van der Waals surface area contributed by atoms with Crippen LogP contribution in [0.3, 0.4) is 0 Å². The molecule has 128 valence electrons. The normalized spacial score (nSPS) is 21.5. The Kier molecular flexibility index (Phi) is 4.01. The maximum Gasteiger partial charge on any atom is 0.312 e. The summed E-state index contributed by atoms with van der Waals surface area (Å²) in [7, 11) is 0. The molecule has 0 radical (unpaired) electrons. The number of carbonyl (C=O) groups is 2. The Morgan fingerprint density at radius 1 is 1.08 bits per heavy atom. The fourth-order valence-corrected chi connectivity index (χ4v) is 3.77. The van der Waals surface area contributed by atoms with Gasteiger partial charge in [0, 0.05) is 12.2 Å². The van der Waals surface area contributed by atoms with Gasteiger partial charge in [0.05, 0.1) is 19.1 Å². The first-order valence-electron chi connectivity index (χ1n) is 8.46. The fourth-order valence-electron chi connectivity index (χ4n) is 3.77. The van der Waals surface area contributed by atoms with E-state index in [1.165, 1.54) is 5.56 Å². The average Bonchev–Trinajstić information content (AvgIpc) is 3.02. The Balaban J connectivity index is 1.58. The molecule has 1 N–H and O–H groups in total. The van der Waals surface area contributed by atoms with E-state index in [1.54, 1.807) is 11.0 Å².